The minimum absolute atomic E-state index is 0.131. The number of carbonyl (C=O) groups excluding carboxylic acids is 2. The first-order chi connectivity index (χ1) is 15.6. The zero-order chi connectivity index (χ0) is 22.9. The molecule has 32 heavy (non-hydrogen) atoms. The second-order valence-corrected chi connectivity index (χ2v) is 8.98. The van der Waals surface area contributed by atoms with E-state index in [4.69, 9.17) is 4.74 Å². The molecule has 1 aromatic carbocycles. The molecule has 1 fully saturated rings. The molecule has 2 amide bonds. The highest BCUT2D eigenvalue weighted by atomic mass is 16.5. The van der Waals surface area contributed by atoms with Gasteiger partial charge < -0.3 is 14.5 Å². The molecule has 0 aliphatic carbocycles. The lowest BCUT2D eigenvalue weighted by Gasteiger charge is -2.34. The number of benzene rings is 1. The molecule has 0 atom stereocenters. The smallest absolute Gasteiger partial charge is 0.277 e. The van der Waals surface area contributed by atoms with Crippen LogP contribution in [0.5, 0.6) is 5.75 Å². The van der Waals surface area contributed by atoms with Crippen LogP contribution in [0.3, 0.4) is 0 Å². The predicted molar refractivity (Wildman–Crippen MR) is 128 cm³/mol. The lowest BCUT2D eigenvalue weighted by Crippen LogP contribution is -2.46. The number of hydrogen-bond acceptors (Lipinski definition) is 5. The van der Waals surface area contributed by atoms with Gasteiger partial charge >= 0.3 is 0 Å². The maximum absolute atomic E-state index is 13.4. The van der Waals surface area contributed by atoms with Gasteiger partial charge in [0.2, 0.25) is 0 Å². The van der Waals surface area contributed by atoms with Crippen LogP contribution in [0.2, 0.25) is 0 Å². The number of methoxy groups -OCH3 is 1. The third kappa shape index (κ3) is 5.91. The van der Waals surface area contributed by atoms with E-state index in [1.165, 1.54) is 43.4 Å². The van der Waals surface area contributed by atoms with E-state index in [-0.39, 0.29) is 11.8 Å². The van der Waals surface area contributed by atoms with Gasteiger partial charge in [-0.3, -0.25) is 14.5 Å². The van der Waals surface area contributed by atoms with Crippen LogP contribution in [0.1, 0.15) is 63.9 Å². The van der Waals surface area contributed by atoms with Crippen LogP contribution < -0.4 is 4.74 Å². The molecule has 1 saturated heterocycles. The summed E-state index contributed by atoms with van der Waals surface area (Å²) in [5, 5.41) is 0. The second kappa shape index (κ2) is 12.0. The molecule has 0 radical (unpaired) electrons. The van der Waals surface area contributed by atoms with Crippen LogP contribution in [0.4, 0.5) is 0 Å². The quantitative estimate of drug-likeness (QED) is 0.360. The van der Waals surface area contributed by atoms with Crippen LogP contribution in [-0.4, -0.2) is 73.4 Å². The van der Waals surface area contributed by atoms with Crippen molar-refractivity contribution in [2.45, 2.75) is 58.3 Å². The van der Waals surface area contributed by atoms with Gasteiger partial charge in [-0.05, 0) is 31.2 Å². The number of carbonyl (C=O) groups is 2. The van der Waals surface area contributed by atoms with Crippen LogP contribution in [0.15, 0.2) is 30.0 Å². The van der Waals surface area contributed by atoms with Gasteiger partial charge in [0, 0.05) is 32.7 Å². The minimum Gasteiger partial charge on any atom is -0.497 e. The predicted octanol–water partition coefficient (Wildman–Crippen LogP) is 4.16. The molecular formula is C26H39N3O3. The first-order valence-electron chi connectivity index (χ1n) is 12.2. The van der Waals surface area contributed by atoms with E-state index >= 15 is 0 Å². The molecule has 0 bridgehead atoms. The Balaban J connectivity index is 1.69. The molecule has 6 heteroatoms. The van der Waals surface area contributed by atoms with Crippen molar-refractivity contribution in [2.75, 3.05) is 46.9 Å². The summed E-state index contributed by atoms with van der Waals surface area (Å²) in [7, 11) is 3.71. The summed E-state index contributed by atoms with van der Waals surface area (Å²) < 4.78 is 5.27. The third-order valence-electron chi connectivity index (χ3n) is 6.58. The maximum Gasteiger partial charge on any atom is 0.277 e. The van der Waals surface area contributed by atoms with Crippen molar-refractivity contribution in [3.05, 3.63) is 35.5 Å². The van der Waals surface area contributed by atoms with E-state index in [1.807, 2.05) is 24.3 Å². The highest BCUT2D eigenvalue weighted by Crippen LogP contribution is 2.33. The summed E-state index contributed by atoms with van der Waals surface area (Å²) in [5.74, 6) is 0.452. The molecule has 176 valence electrons. The number of likely N-dealkylation sites (N-methyl/N-ethyl adjacent to an activating group) is 1. The van der Waals surface area contributed by atoms with Gasteiger partial charge in [-0.15, -0.1) is 0 Å². The minimum atomic E-state index is -0.156. The van der Waals surface area contributed by atoms with Gasteiger partial charge in [-0.1, -0.05) is 64.0 Å². The van der Waals surface area contributed by atoms with Crippen LogP contribution in [-0.2, 0) is 9.59 Å². The van der Waals surface area contributed by atoms with Gasteiger partial charge in [-0.2, -0.15) is 0 Å². The van der Waals surface area contributed by atoms with E-state index in [0.29, 0.717) is 17.8 Å². The normalized spacial score (nSPS) is 17.6. The Morgan fingerprint density at radius 3 is 2.00 bits per heavy atom. The first-order valence-corrected chi connectivity index (χ1v) is 12.2. The number of hydrogen-bond donors (Lipinski definition) is 0. The van der Waals surface area contributed by atoms with Crippen molar-refractivity contribution in [1.82, 2.24) is 14.7 Å². The van der Waals surface area contributed by atoms with E-state index in [9.17, 15) is 9.59 Å². The average molecular weight is 442 g/mol. The molecule has 2 heterocycles. The highest BCUT2D eigenvalue weighted by Gasteiger charge is 2.41. The van der Waals surface area contributed by atoms with Crippen molar-refractivity contribution in [3.63, 3.8) is 0 Å². The number of rotatable bonds is 12. The molecule has 0 N–H and O–H groups in total. The lowest BCUT2D eigenvalue weighted by molar-refractivity contribution is -0.137. The van der Waals surface area contributed by atoms with Gasteiger partial charge in [0.25, 0.3) is 11.8 Å². The molecule has 3 rings (SSSR count). The summed E-state index contributed by atoms with van der Waals surface area (Å²) in [6.07, 6.45) is 9.51. The van der Waals surface area contributed by atoms with Crippen molar-refractivity contribution in [3.8, 4) is 5.75 Å². The monoisotopic (exact) mass is 441 g/mol. The van der Waals surface area contributed by atoms with Crippen LogP contribution in [0, 0.1) is 0 Å². The summed E-state index contributed by atoms with van der Waals surface area (Å²) in [6.45, 7) is 6.03. The molecule has 6 nitrogen and oxygen atoms in total. The zero-order valence-electron chi connectivity index (χ0n) is 20.1. The second-order valence-electron chi connectivity index (χ2n) is 8.98. The Kier molecular flexibility index (Phi) is 9.15. The van der Waals surface area contributed by atoms with E-state index < -0.39 is 0 Å². The molecular weight excluding hydrogens is 402 g/mol. The van der Waals surface area contributed by atoms with Crippen molar-refractivity contribution in [1.29, 1.82) is 0 Å². The van der Waals surface area contributed by atoms with Gasteiger partial charge in [-0.25, -0.2) is 0 Å². The average Bonchev–Trinajstić information content (AvgIpc) is 3.06. The largest absolute Gasteiger partial charge is 0.497 e. The number of amides is 2. The Bertz CT molecular complexity index is 795. The highest BCUT2D eigenvalue weighted by molar-refractivity contribution is 6.35. The number of imide groups is 1. The summed E-state index contributed by atoms with van der Waals surface area (Å²) in [6, 6.07) is 7.47. The molecule has 0 spiro atoms. The number of piperazine rings is 1. The fourth-order valence-electron chi connectivity index (χ4n) is 4.51. The molecule has 0 unspecified atom stereocenters. The Labute approximate surface area is 193 Å². The van der Waals surface area contributed by atoms with E-state index in [2.05, 4.69) is 23.8 Å². The fourth-order valence-corrected chi connectivity index (χ4v) is 4.51. The van der Waals surface area contributed by atoms with E-state index in [0.717, 1.165) is 50.3 Å². The Morgan fingerprint density at radius 1 is 0.812 bits per heavy atom. The fraction of sp³-hybridized carbons (Fsp3) is 0.615. The maximum atomic E-state index is 13.4. The molecule has 1 aromatic rings. The van der Waals surface area contributed by atoms with Crippen LogP contribution in [0.25, 0.3) is 5.57 Å². The zero-order valence-corrected chi connectivity index (χ0v) is 20.1. The third-order valence-corrected chi connectivity index (χ3v) is 6.58. The number of unbranched alkanes of at least 4 members (excludes halogenated alkanes) is 7. The van der Waals surface area contributed by atoms with Gasteiger partial charge in [0.15, 0.2) is 0 Å². The molecule has 0 saturated carbocycles. The SMILES string of the molecule is CCCCCCCCCCN1C(=O)C(c2ccc(OC)cc2)=C(N2CCN(C)CC2)C1=O. The van der Waals surface area contributed by atoms with Gasteiger partial charge in [0.05, 0.1) is 12.7 Å². The van der Waals surface area contributed by atoms with Crippen LogP contribution >= 0.6 is 0 Å². The number of nitrogens with zero attached hydrogens (tertiary/aromatic N) is 3. The molecule has 0 aromatic heterocycles. The Morgan fingerprint density at radius 2 is 1.41 bits per heavy atom. The topological polar surface area (TPSA) is 53.1 Å². The summed E-state index contributed by atoms with van der Waals surface area (Å²) in [4.78, 5) is 32.6. The van der Waals surface area contributed by atoms with Gasteiger partial charge in [0.1, 0.15) is 11.4 Å². The van der Waals surface area contributed by atoms with Crippen molar-refractivity contribution in [2.24, 2.45) is 0 Å². The van der Waals surface area contributed by atoms with Crippen molar-refractivity contribution < 1.29 is 14.3 Å². The standard InChI is InChI=1S/C26H39N3O3/c1-4-5-6-7-8-9-10-11-16-29-25(30)23(21-12-14-22(32-3)15-13-21)24(26(29)31)28-19-17-27(2)18-20-28/h12-15H,4-11,16-20H2,1-3H3. The molecule has 2 aliphatic heterocycles. The Hall–Kier alpha value is -2.34. The number of ether oxygens (including phenoxy) is 1. The molecule has 2 aliphatic rings. The van der Waals surface area contributed by atoms with E-state index in [1.54, 1.807) is 7.11 Å². The summed E-state index contributed by atoms with van der Waals surface area (Å²) >= 11 is 0. The van der Waals surface area contributed by atoms with Crippen molar-refractivity contribution >= 4 is 17.4 Å². The first kappa shape index (κ1) is 24.3. The lowest BCUT2D eigenvalue weighted by atomic mass is 10.0. The summed E-state index contributed by atoms with van der Waals surface area (Å²) in [5.41, 5.74) is 1.91.